The third kappa shape index (κ3) is 3.09. The minimum Gasteiger partial charge on any atom is -0.364 e. The summed E-state index contributed by atoms with van der Waals surface area (Å²) in [6.07, 6.45) is 0. The Labute approximate surface area is 71.8 Å². The van der Waals surface area contributed by atoms with Crippen molar-refractivity contribution in [3.8, 4) is 0 Å². The SMILES string of the molecule is CC.Cc1ccc(C(N)=O)nn1. The zero-order valence-electron chi connectivity index (χ0n) is 7.53. The molecular weight excluding hydrogens is 154 g/mol. The third-order valence-corrected chi connectivity index (χ3v) is 1.05. The van der Waals surface area contributed by atoms with Gasteiger partial charge in [-0.05, 0) is 19.1 Å². The minimum atomic E-state index is -0.549. The molecule has 1 aromatic rings. The summed E-state index contributed by atoms with van der Waals surface area (Å²) in [4.78, 5) is 10.4. The van der Waals surface area contributed by atoms with Gasteiger partial charge in [-0.3, -0.25) is 4.79 Å². The van der Waals surface area contributed by atoms with Gasteiger partial charge in [-0.1, -0.05) is 13.8 Å². The van der Waals surface area contributed by atoms with Gasteiger partial charge in [0.05, 0.1) is 5.69 Å². The molecule has 1 aromatic heterocycles. The van der Waals surface area contributed by atoms with E-state index in [2.05, 4.69) is 10.2 Å². The van der Waals surface area contributed by atoms with E-state index in [4.69, 9.17) is 5.73 Å². The van der Waals surface area contributed by atoms with Crippen LogP contribution in [0.3, 0.4) is 0 Å². The van der Waals surface area contributed by atoms with Crippen LogP contribution in [0.15, 0.2) is 12.1 Å². The molecule has 0 atom stereocenters. The summed E-state index contributed by atoms with van der Waals surface area (Å²) in [5, 5.41) is 7.20. The summed E-state index contributed by atoms with van der Waals surface area (Å²) < 4.78 is 0. The first-order chi connectivity index (χ1) is 5.70. The molecule has 4 nitrogen and oxygen atoms in total. The van der Waals surface area contributed by atoms with Crippen LogP contribution in [0.2, 0.25) is 0 Å². The molecule has 1 amide bonds. The Bertz CT molecular complexity index is 243. The molecule has 0 bridgehead atoms. The van der Waals surface area contributed by atoms with Crippen molar-refractivity contribution in [1.82, 2.24) is 10.2 Å². The van der Waals surface area contributed by atoms with Crippen LogP contribution in [0, 0.1) is 6.92 Å². The number of nitrogens with zero attached hydrogens (tertiary/aromatic N) is 2. The molecule has 0 aliphatic heterocycles. The van der Waals surface area contributed by atoms with E-state index in [0.717, 1.165) is 5.69 Å². The number of amides is 1. The molecule has 0 unspecified atom stereocenters. The first kappa shape index (κ1) is 10.6. The first-order valence-corrected chi connectivity index (χ1v) is 3.80. The predicted octanol–water partition coefficient (Wildman–Crippen LogP) is 0.910. The normalized spacial score (nSPS) is 8.25. The molecule has 1 rings (SSSR count). The van der Waals surface area contributed by atoms with Crippen molar-refractivity contribution in [2.24, 2.45) is 5.73 Å². The molecule has 0 fully saturated rings. The minimum absolute atomic E-state index is 0.200. The van der Waals surface area contributed by atoms with Gasteiger partial charge in [-0.2, -0.15) is 5.10 Å². The number of hydrogen-bond donors (Lipinski definition) is 1. The Morgan fingerprint density at radius 3 is 2.25 bits per heavy atom. The van der Waals surface area contributed by atoms with Crippen molar-refractivity contribution >= 4 is 5.91 Å². The summed E-state index contributed by atoms with van der Waals surface area (Å²) in [6.45, 7) is 5.79. The van der Waals surface area contributed by atoms with E-state index in [1.165, 1.54) is 0 Å². The summed E-state index contributed by atoms with van der Waals surface area (Å²) in [6, 6.07) is 3.23. The van der Waals surface area contributed by atoms with E-state index >= 15 is 0 Å². The van der Waals surface area contributed by atoms with Crippen LogP contribution < -0.4 is 5.73 Å². The molecule has 4 heteroatoms. The number of carbonyl (C=O) groups is 1. The van der Waals surface area contributed by atoms with E-state index in [1.54, 1.807) is 19.1 Å². The number of aryl methyl sites for hydroxylation is 1. The first-order valence-electron chi connectivity index (χ1n) is 3.80. The van der Waals surface area contributed by atoms with E-state index in [9.17, 15) is 4.79 Å². The second kappa shape index (κ2) is 5.23. The average Bonchev–Trinajstić information content (AvgIpc) is 2.09. The van der Waals surface area contributed by atoms with E-state index in [0.29, 0.717) is 0 Å². The fourth-order valence-electron chi connectivity index (χ4n) is 0.530. The second-order valence-corrected chi connectivity index (χ2v) is 1.92. The Morgan fingerprint density at radius 2 is 1.92 bits per heavy atom. The zero-order valence-corrected chi connectivity index (χ0v) is 7.53. The van der Waals surface area contributed by atoms with Gasteiger partial charge in [0.15, 0.2) is 5.69 Å². The second-order valence-electron chi connectivity index (χ2n) is 1.92. The Kier molecular flexibility index (Phi) is 4.60. The van der Waals surface area contributed by atoms with Gasteiger partial charge in [0.25, 0.3) is 5.91 Å². The van der Waals surface area contributed by atoms with Crippen LogP contribution in [-0.2, 0) is 0 Å². The number of nitrogens with two attached hydrogens (primary N) is 1. The number of carbonyl (C=O) groups excluding carboxylic acids is 1. The van der Waals surface area contributed by atoms with Crippen LogP contribution in [0.5, 0.6) is 0 Å². The van der Waals surface area contributed by atoms with Gasteiger partial charge in [0.1, 0.15) is 0 Å². The maximum Gasteiger partial charge on any atom is 0.269 e. The maximum absolute atomic E-state index is 10.4. The largest absolute Gasteiger partial charge is 0.364 e. The van der Waals surface area contributed by atoms with E-state index < -0.39 is 5.91 Å². The summed E-state index contributed by atoms with van der Waals surface area (Å²) >= 11 is 0. The van der Waals surface area contributed by atoms with Crippen molar-refractivity contribution in [3.05, 3.63) is 23.5 Å². The molecule has 66 valence electrons. The molecule has 1 heterocycles. The van der Waals surface area contributed by atoms with Gasteiger partial charge in [-0.15, -0.1) is 5.10 Å². The van der Waals surface area contributed by atoms with Gasteiger partial charge in [-0.25, -0.2) is 0 Å². The molecular formula is C8H13N3O. The van der Waals surface area contributed by atoms with Gasteiger partial charge >= 0.3 is 0 Å². The smallest absolute Gasteiger partial charge is 0.269 e. The quantitative estimate of drug-likeness (QED) is 0.675. The number of rotatable bonds is 1. The van der Waals surface area contributed by atoms with Crippen molar-refractivity contribution < 1.29 is 4.79 Å². The molecule has 0 aliphatic carbocycles. The van der Waals surface area contributed by atoms with Gasteiger partial charge in [0.2, 0.25) is 0 Å². The molecule has 12 heavy (non-hydrogen) atoms. The lowest BCUT2D eigenvalue weighted by Gasteiger charge is -1.91. The number of hydrogen-bond acceptors (Lipinski definition) is 3. The molecule has 0 aromatic carbocycles. The summed E-state index contributed by atoms with van der Waals surface area (Å²) in [5.41, 5.74) is 5.89. The van der Waals surface area contributed by atoms with Gasteiger partial charge in [0, 0.05) is 0 Å². The number of aromatic nitrogens is 2. The van der Waals surface area contributed by atoms with Crippen LogP contribution in [0.25, 0.3) is 0 Å². The lowest BCUT2D eigenvalue weighted by molar-refractivity contribution is 0.0994. The molecule has 0 spiro atoms. The van der Waals surface area contributed by atoms with Crippen LogP contribution in [0.4, 0.5) is 0 Å². The third-order valence-electron chi connectivity index (χ3n) is 1.05. The summed E-state index contributed by atoms with van der Waals surface area (Å²) in [5.74, 6) is -0.549. The standard InChI is InChI=1S/C6H7N3O.C2H6/c1-4-2-3-5(6(7)10)9-8-4;1-2/h2-3H,1H3,(H2,7,10);1-2H3. The van der Waals surface area contributed by atoms with Gasteiger partial charge < -0.3 is 5.73 Å². The Morgan fingerprint density at radius 1 is 1.33 bits per heavy atom. The average molecular weight is 167 g/mol. The van der Waals surface area contributed by atoms with E-state index in [1.807, 2.05) is 13.8 Å². The highest BCUT2D eigenvalue weighted by atomic mass is 16.1. The summed E-state index contributed by atoms with van der Waals surface area (Å²) in [7, 11) is 0. The lowest BCUT2D eigenvalue weighted by atomic mass is 10.3. The predicted molar refractivity (Wildman–Crippen MR) is 46.6 cm³/mol. The van der Waals surface area contributed by atoms with Crippen molar-refractivity contribution in [2.75, 3.05) is 0 Å². The molecule has 0 radical (unpaired) electrons. The lowest BCUT2D eigenvalue weighted by Crippen LogP contribution is -2.13. The van der Waals surface area contributed by atoms with Crippen molar-refractivity contribution in [3.63, 3.8) is 0 Å². The van der Waals surface area contributed by atoms with Crippen LogP contribution in [-0.4, -0.2) is 16.1 Å². The monoisotopic (exact) mass is 167 g/mol. The molecule has 0 aliphatic rings. The number of primary amides is 1. The van der Waals surface area contributed by atoms with E-state index in [-0.39, 0.29) is 5.69 Å². The van der Waals surface area contributed by atoms with Crippen molar-refractivity contribution in [2.45, 2.75) is 20.8 Å². The zero-order chi connectivity index (χ0) is 9.56. The highest BCUT2D eigenvalue weighted by Gasteiger charge is 1.99. The fraction of sp³-hybridized carbons (Fsp3) is 0.375. The molecule has 2 N–H and O–H groups in total. The molecule has 0 saturated carbocycles. The Hall–Kier alpha value is -1.45. The highest BCUT2D eigenvalue weighted by molar-refractivity contribution is 5.90. The van der Waals surface area contributed by atoms with Crippen LogP contribution >= 0.6 is 0 Å². The van der Waals surface area contributed by atoms with Crippen molar-refractivity contribution in [1.29, 1.82) is 0 Å². The maximum atomic E-state index is 10.4. The highest BCUT2D eigenvalue weighted by Crippen LogP contribution is 1.92. The fourth-order valence-corrected chi connectivity index (χ4v) is 0.530. The molecule has 0 saturated heterocycles. The Balaban J connectivity index is 0.000000561. The van der Waals surface area contributed by atoms with Crippen LogP contribution in [0.1, 0.15) is 30.0 Å². The topological polar surface area (TPSA) is 68.9 Å².